The number of rotatable bonds is 11. The molecule has 8 heteroatoms. The minimum absolute atomic E-state index is 0.439. The standard InChI is InChI=1S/C15H27N3O4Si/c1-4-20-23(21-5-2,22-6-3)13-9-12-18(15(16)19)14-10-7-8-11-17-14/h7-8,10-11H,4-6,9,12-13H2,1-3H3,(H2,16,19). The van der Waals surface area contributed by atoms with Crippen molar-refractivity contribution in [3.63, 3.8) is 0 Å². The van der Waals surface area contributed by atoms with Gasteiger partial charge in [0.1, 0.15) is 5.82 Å². The first-order chi connectivity index (χ1) is 11.1. The van der Waals surface area contributed by atoms with E-state index in [1.54, 1.807) is 18.3 Å². The summed E-state index contributed by atoms with van der Waals surface area (Å²) in [5, 5.41) is 0. The van der Waals surface area contributed by atoms with Crippen molar-refractivity contribution in [1.29, 1.82) is 0 Å². The van der Waals surface area contributed by atoms with E-state index in [2.05, 4.69) is 4.98 Å². The minimum Gasteiger partial charge on any atom is -0.374 e. The molecule has 23 heavy (non-hydrogen) atoms. The van der Waals surface area contributed by atoms with E-state index in [4.69, 9.17) is 19.0 Å². The summed E-state index contributed by atoms with van der Waals surface area (Å²) < 4.78 is 17.4. The number of nitrogens with zero attached hydrogens (tertiary/aromatic N) is 2. The van der Waals surface area contributed by atoms with Gasteiger partial charge in [-0.15, -0.1) is 0 Å². The molecule has 0 saturated carbocycles. The van der Waals surface area contributed by atoms with Gasteiger partial charge in [0, 0.05) is 38.6 Å². The Labute approximate surface area is 139 Å². The third-order valence-electron chi connectivity index (χ3n) is 3.15. The van der Waals surface area contributed by atoms with Gasteiger partial charge < -0.3 is 19.0 Å². The fourth-order valence-corrected chi connectivity index (χ4v) is 4.90. The van der Waals surface area contributed by atoms with Gasteiger partial charge in [-0.2, -0.15) is 0 Å². The maximum absolute atomic E-state index is 11.7. The molecular weight excluding hydrogens is 314 g/mol. The first-order valence-electron chi connectivity index (χ1n) is 7.98. The van der Waals surface area contributed by atoms with Gasteiger partial charge in [0.15, 0.2) is 0 Å². The highest BCUT2D eigenvalue weighted by Crippen LogP contribution is 2.19. The topological polar surface area (TPSA) is 86.9 Å². The molecule has 130 valence electrons. The number of hydrogen-bond acceptors (Lipinski definition) is 5. The van der Waals surface area contributed by atoms with Gasteiger partial charge >= 0.3 is 14.8 Å². The number of carbonyl (C=O) groups excluding carboxylic acids is 1. The smallest absolute Gasteiger partial charge is 0.374 e. The van der Waals surface area contributed by atoms with Crippen LogP contribution in [0, 0.1) is 0 Å². The second-order valence-electron chi connectivity index (χ2n) is 4.76. The molecule has 1 aromatic heterocycles. The third kappa shape index (κ3) is 6.26. The van der Waals surface area contributed by atoms with Crippen LogP contribution in [0.5, 0.6) is 0 Å². The molecule has 2 amide bonds. The SMILES string of the molecule is CCO[Si](CCCN(C(N)=O)c1ccccn1)(OCC)OCC. The lowest BCUT2D eigenvalue weighted by atomic mass is 10.4. The van der Waals surface area contributed by atoms with Gasteiger partial charge in [-0.05, 0) is 39.3 Å². The van der Waals surface area contributed by atoms with Crippen molar-refractivity contribution in [2.45, 2.75) is 33.2 Å². The van der Waals surface area contributed by atoms with Crippen LogP contribution in [0.3, 0.4) is 0 Å². The second-order valence-corrected chi connectivity index (χ2v) is 7.50. The van der Waals surface area contributed by atoms with E-state index in [0.717, 1.165) is 0 Å². The van der Waals surface area contributed by atoms with Gasteiger partial charge in [-0.1, -0.05) is 6.07 Å². The van der Waals surface area contributed by atoms with Crippen molar-refractivity contribution in [2.24, 2.45) is 5.73 Å². The van der Waals surface area contributed by atoms with E-state index in [0.29, 0.717) is 44.6 Å². The average Bonchev–Trinajstić information content (AvgIpc) is 2.53. The number of aromatic nitrogens is 1. The summed E-state index contributed by atoms with van der Waals surface area (Å²) in [4.78, 5) is 17.3. The molecule has 0 atom stereocenters. The van der Waals surface area contributed by atoms with E-state index in [1.807, 2.05) is 26.8 Å². The lowest BCUT2D eigenvalue weighted by Crippen LogP contribution is -2.47. The molecular formula is C15H27N3O4Si. The zero-order valence-electron chi connectivity index (χ0n) is 14.2. The highest BCUT2D eigenvalue weighted by atomic mass is 28.4. The lowest BCUT2D eigenvalue weighted by molar-refractivity contribution is 0.0709. The van der Waals surface area contributed by atoms with Gasteiger partial charge in [-0.25, -0.2) is 9.78 Å². The molecule has 1 heterocycles. The van der Waals surface area contributed by atoms with Crippen LogP contribution in [-0.2, 0) is 13.3 Å². The van der Waals surface area contributed by atoms with Gasteiger partial charge in [0.2, 0.25) is 0 Å². The van der Waals surface area contributed by atoms with Gasteiger partial charge in [0.25, 0.3) is 0 Å². The predicted octanol–water partition coefficient (Wildman–Crippen LogP) is 2.41. The maximum atomic E-state index is 11.7. The minimum atomic E-state index is -2.70. The fraction of sp³-hybridized carbons (Fsp3) is 0.600. The predicted molar refractivity (Wildman–Crippen MR) is 91.2 cm³/mol. The van der Waals surface area contributed by atoms with Crippen LogP contribution < -0.4 is 10.6 Å². The van der Waals surface area contributed by atoms with Crippen molar-refractivity contribution in [1.82, 2.24) is 4.98 Å². The molecule has 7 nitrogen and oxygen atoms in total. The quantitative estimate of drug-likeness (QED) is 0.625. The van der Waals surface area contributed by atoms with Crippen LogP contribution in [0.4, 0.5) is 10.6 Å². The molecule has 2 N–H and O–H groups in total. The van der Waals surface area contributed by atoms with Crippen molar-refractivity contribution in [3.8, 4) is 0 Å². The third-order valence-corrected chi connectivity index (χ3v) is 6.30. The van der Waals surface area contributed by atoms with Crippen LogP contribution in [0.1, 0.15) is 27.2 Å². The number of anilines is 1. The first-order valence-corrected chi connectivity index (χ1v) is 9.91. The monoisotopic (exact) mass is 341 g/mol. The van der Waals surface area contributed by atoms with Crippen LogP contribution in [0.25, 0.3) is 0 Å². The first kappa shape index (κ1) is 19.6. The lowest BCUT2D eigenvalue weighted by Gasteiger charge is -2.29. The Morgan fingerprint density at radius 3 is 2.22 bits per heavy atom. The molecule has 0 aliphatic rings. The number of pyridine rings is 1. The van der Waals surface area contributed by atoms with Crippen LogP contribution >= 0.6 is 0 Å². The van der Waals surface area contributed by atoms with E-state index in [-0.39, 0.29) is 0 Å². The van der Waals surface area contributed by atoms with E-state index < -0.39 is 14.8 Å². The molecule has 0 fully saturated rings. The highest BCUT2D eigenvalue weighted by Gasteiger charge is 2.39. The largest absolute Gasteiger partial charge is 0.500 e. The summed E-state index contributed by atoms with van der Waals surface area (Å²) in [7, 11) is -2.70. The van der Waals surface area contributed by atoms with Crippen LogP contribution in [0.2, 0.25) is 6.04 Å². The number of hydrogen-bond donors (Lipinski definition) is 1. The Hall–Kier alpha value is -1.48. The second kappa shape index (κ2) is 10.3. The summed E-state index contributed by atoms with van der Waals surface area (Å²) >= 11 is 0. The average molecular weight is 341 g/mol. The Kier molecular flexibility index (Phi) is 8.78. The Morgan fingerprint density at radius 2 is 1.78 bits per heavy atom. The van der Waals surface area contributed by atoms with Crippen molar-refractivity contribution in [2.75, 3.05) is 31.3 Å². The van der Waals surface area contributed by atoms with Crippen molar-refractivity contribution < 1.29 is 18.1 Å². The van der Waals surface area contributed by atoms with Gasteiger partial charge in [-0.3, -0.25) is 4.90 Å². The molecule has 0 saturated heterocycles. The summed E-state index contributed by atoms with van der Waals surface area (Å²) in [6.45, 7) is 7.80. The number of nitrogens with two attached hydrogens (primary N) is 1. The molecule has 0 spiro atoms. The molecule has 1 aromatic rings. The molecule has 0 unspecified atom stereocenters. The molecule has 0 radical (unpaired) electrons. The van der Waals surface area contributed by atoms with Crippen LogP contribution in [0.15, 0.2) is 24.4 Å². The van der Waals surface area contributed by atoms with E-state index in [1.165, 1.54) is 4.90 Å². The van der Waals surface area contributed by atoms with Crippen molar-refractivity contribution in [3.05, 3.63) is 24.4 Å². The summed E-state index contributed by atoms with van der Waals surface area (Å²) in [5.41, 5.74) is 5.46. The summed E-state index contributed by atoms with van der Waals surface area (Å²) in [6.07, 6.45) is 2.29. The summed E-state index contributed by atoms with van der Waals surface area (Å²) in [6, 6.07) is 5.46. The number of amides is 2. The zero-order valence-corrected chi connectivity index (χ0v) is 15.2. The molecule has 0 aliphatic heterocycles. The van der Waals surface area contributed by atoms with Gasteiger partial charge in [0.05, 0.1) is 0 Å². The van der Waals surface area contributed by atoms with Crippen LogP contribution in [-0.4, -0.2) is 46.2 Å². The molecule has 0 aromatic carbocycles. The fourth-order valence-electron chi connectivity index (χ4n) is 2.31. The normalized spacial score (nSPS) is 11.4. The molecule has 0 bridgehead atoms. The number of primary amides is 1. The van der Waals surface area contributed by atoms with E-state index in [9.17, 15) is 4.79 Å². The Balaban J connectivity index is 2.70. The number of carbonyl (C=O) groups is 1. The number of urea groups is 1. The maximum Gasteiger partial charge on any atom is 0.500 e. The van der Waals surface area contributed by atoms with E-state index >= 15 is 0 Å². The van der Waals surface area contributed by atoms with Crippen molar-refractivity contribution >= 4 is 20.7 Å². The molecule has 1 rings (SSSR count). The Morgan fingerprint density at radius 1 is 1.17 bits per heavy atom. The Bertz CT molecular complexity index is 444. The molecule has 0 aliphatic carbocycles. The summed E-state index contributed by atoms with van der Waals surface area (Å²) in [5.74, 6) is 0.538. The zero-order chi connectivity index (χ0) is 17.1. The highest BCUT2D eigenvalue weighted by molar-refractivity contribution is 6.60.